The van der Waals surface area contributed by atoms with Crippen molar-refractivity contribution in [3.05, 3.63) is 71.8 Å². The molecule has 3 atom stereocenters. The number of hydrogen-bond donors (Lipinski definition) is 0. The number of hydrogen-bond acceptors (Lipinski definition) is 3. The summed E-state index contributed by atoms with van der Waals surface area (Å²) in [5, 5.41) is 2.04. The van der Waals surface area contributed by atoms with Crippen LogP contribution in [0.1, 0.15) is 56.6 Å². The van der Waals surface area contributed by atoms with E-state index < -0.39 is 5.54 Å². The third-order valence-corrected chi connectivity index (χ3v) is 5.92. The summed E-state index contributed by atoms with van der Waals surface area (Å²) in [5.41, 5.74) is 1.71. The maximum atomic E-state index is 13.1. The summed E-state index contributed by atoms with van der Waals surface area (Å²) in [7, 11) is 0. The van der Waals surface area contributed by atoms with Crippen LogP contribution >= 0.6 is 0 Å². The van der Waals surface area contributed by atoms with Gasteiger partial charge in [0, 0.05) is 18.4 Å². The fourth-order valence-corrected chi connectivity index (χ4v) is 4.51. The van der Waals surface area contributed by atoms with Gasteiger partial charge in [0.2, 0.25) is 0 Å². The molecule has 0 amide bonds. The van der Waals surface area contributed by atoms with Gasteiger partial charge < -0.3 is 0 Å². The molecule has 2 saturated heterocycles. The second-order valence-electron chi connectivity index (χ2n) is 7.58. The average Bonchev–Trinajstić information content (AvgIpc) is 3.35. The molecule has 2 aliphatic rings. The number of fused-ring (bicyclic) bond motifs is 1. The quantitative estimate of drug-likeness (QED) is 0.628. The molecule has 136 valence electrons. The first-order valence-corrected chi connectivity index (χ1v) is 9.83. The Bertz CT molecular complexity index is 760. The number of carbonyl (C=O) groups excluding carboxylic acids is 1. The van der Waals surface area contributed by atoms with Crippen LogP contribution in [0.15, 0.2) is 60.7 Å². The van der Waals surface area contributed by atoms with E-state index in [1.54, 1.807) is 0 Å². The molecule has 0 radical (unpaired) electrons. The zero-order valence-corrected chi connectivity index (χ0v) is 15.5. The third kappa shape index (κ3) is 2.89. The molecule has 0 N–H and O–H groups in total. The number of nitrogens with zero attached hydrogens (tertiary/aromatic N) is 1. The van der Waals surface area contributed by atoms with Crippen molar-refractivity contribution in [1.82, 2.24) is 5.06 Å². The van der Waals surface area contributed by atoms with Crippen LogP contribution < -0.4 is 0 Å². The summed E-state index contributed by atoms with van der Waals surface area (Å²) in [4.78, 5) is 19.2. The van der Waals surface area contributed by atoms with Crippen molar-refractivity contribution < 1.29 is 9.63 Å². The molecule has 0 aliphatic carbocycles. The molecule has 0 bridgehead atoms. The SMILES string of the molecule is CCCC(=O)[C@@]1(CCCc2ccccc2)CC[C@@]2(c3ccccc3)ON12. The summed E-state index contributed by atoms with van der Waals surface area (Å²) in [6, 6.07) is 20.9. The van der Waals surface area contributed by atoms with Crippen LogP contribution in [-0.2, 0) is 21.8 Å². The molecule has 1 unspecified atom stereocenters. The van der Waals surface area contributed by atoms with Gasteiger partial charge in [-0.25, -0.2) is 0 Å². The zero-order chi connectivity index (χ0) is 18.0. The van der Waals surface area contributed by atoms with Crippen molar-refractivity contribution in [3.63, 3.8) is 0 Å². The fraction of sp³-hybridized carbons (Fsp3) is 0.435. The van der Waals surface area contributed by atoms with E-state index in [0.717, 1.165) is 38.5 Å². The first kappa shape index (κ1) is 17.4. The van der Waals surface area contributed by atoms with Crippen molar-refractivity contribution in [2.75, 3.05) is 0 Å². The summed E-state index contributed by atoms with van der Waals surface area (Å²) in [6.07, 6.45) is 6.21. The molecule has 4 rings (SSSR count). The average molecular weight is 349 g/mol. The lowest BCUT2D eigenvalue weighted by atomic mass is 9.83. The molecule has 2 aliphatic heterocycles. The Labute approximate surface area is 155 Å². The van der Waals surface area contributed by atoms with E-state index in [1.807, 2.05) is 29.3 Å². The van der Waals surface area contributed by atoms with Crippen LogP contribution in [0, 0.1) is 0 Å². The summed E-state index contributed by atoms with van der Waals surface area (Å²) in [5.74, 6) is 0.350. The highest BCUT2D eigenvalue weighted by Crippen LogP contribution is 2.62. The first-order valence-electron chi connectivity index (χ1n) is 9.83. The highest BCUT2D eigenvalue weighted by molar-refractivity contribution is 5.89. The molecule has 2 aromatic rings. The van der Waals surface area contributed by atoms with Crippen LogP contribution in [-0.4, -0.2) is 16.4 Å². The Balaban J connectivity index is 1.52. The zero-order valence-electron chi connectivity index (χ0n) is 15.5. The van der Waals surface area contributed by atoms with Crippen LogP contribution in [0.3, 0.4) is 0 Å². The van der Waals surface area contributed by atoms with Crippen molar-refractivity contribution >= 4 is 5.78 Å². The predicted molar refractivity (Wildman–Crippen MR) is 102 cm³/mol. The van der Waals surface area contributed by atoms with Gasteiger partial charge in [-0.3, -0.25) is 9.63 Å². The lowest BCUT2D eigenvalue weighted by Gasteiger charge is -2.28. The molecule has 3 nitrogen and oxygen atoms in total. The minimum absolute atomic E-state index is 0.350. The number of benzene rings is 2. The van der Waals surface area contributed by atoms with Gasteiger partial charge in [0.15, 0.2) is 11.5 Å². The van der Waals surface area contributed by atoms with Gasteiger partial charge in [-0.2, -0.15) is 0 Å². The molecule has 2 heterocycles. The lowest BCUT2D eigenvalue weighted by Crippen LogP contribution is -2.44. The Morgan fingerprint density at radius 1 is 1.04 bits per heavy atom. The van der Waals surface area contributed by atoms with E-state index in [9.17, 15) is 4.79 Å². The molecule has 3 heteroatoms. The van der Waals surface area contributed by atoms with Gasteiger partial charge >= 0.3 is 0 Å². The van der Waals surface area contributed by atoms with Gasteiger partial charge in [0.1, 0.15) is 5.54 Å². The molecule has 26 heavy (non-hydrogen) atoms. The highest BCUT2D eigenvalue weighted by atomic mass is 16.9. The minimum atomic E-state index is -0.444. The van der Waals surface area contributed by atoms with E-state index >= 15 is 0 Å². The lowest BCUT2D eigenvalue weighted by molar-refractivity contribution is -0.132. The van der Waals surface area contributed by atoms with Crippen LogP contribution in [0.5, 0.6) is 0 Å². The molecular formula is C23H27NO2. The van der Waals surface area contributed by atoms with Crippen molar-refractivity contribution in [2.45, 2.75) is 63.1 Å². The summed E-state index contributed by atoms with van der Waals surface area (Å²) in [6.45, 7) is 2.08. The molecule has 0 aromatic heterocycles. The minimum Gasteiger partial charge on any atom is -0.298 e. The van der Waals surface area contributed by atoms with E-state index in [4.69, 9.17) is 4.84 Å². The first-order chi connectivity index (χ1) is 12.7. The van der Waals surface area contributed by atoms with Crippen LogP contribution in [0.2, 0.25) is 0 Å². The largest absolute Gasteiger partial charge is 0.298 e. The predicted octanol–water partition coefficient (Wildman–Crippen LogP) is 5.01. The van der Waals surface area contributed by atoms with Gasteiger partial charge in [-0.1, -0.05) is 67.6 Å². The monoisotopic (exact) mass is 349 g/mol. The maximum Gasteiger partial charge on any atom is 0.191 e. The standard InChI is InChI=1S/C23H27NO2/c1-2-10-21(25)22(16-9-13-19-11-5-3-6-12-19)17-18-23(24(22)26-23)20-14-7-4-8-15-20/h3-8,11-12,14-15H,2,9-10,13,16-18H2,1H3/t22-,23+,24?/m1/s1. The Morgan fingerprint density at radius 2 is 1.73 bits per heavy atom. The van der Waals surface area contributed by atoms with Crippen molar-refractivity contribution in [2.24, 2.45) is 0 Å². The fourth-order valence-electron chi connectivity index (χ4n) is 4.51. The number of ketones is 1. The Hall–Kier alpha value is -1.97. The number of rotatable bonds is 8. The van der Waals surface area contributed by atoms with Gasteiger partial charge in [0.05, 0.1) is 0 Å². The number of carbonyl (C=O) groups is 1. The second kappa shape index (κ2) is 6.98. The number of hydroxylamine groups is 2. The van der Waals surface area contributed by atoms with Crippen LogP contribution in [0.4, 0.5) is 0 Å². The van der Waals surface area contributed by atoms with E-state index in [2.05, 4.69) is 43.3 Å². The molecule has 0 saturated carbocycles. The summed E-state index contributed by atoms with van der Waals surface area (Å²) < 4.78 is 0. The topological polar surface area (TPSA) is 32.6 Å². The third-order valence-electron chi connectivity index (χ3n) is 5.92. The van der Waals surface area contributed by atoms with Gasteiger partial charge in [-0.15, -0.1) is 5.06 Å². The molecular weight excluding hydrogens is 322 g/mol. The van der Waals surface area contributed by atoms with Crippen LogP contribution in [0.25, 0.3) is 0 Å². The second-order valence-corrected chi connectivity index (χ2v) is 7.58. The highest BCUT2D eigenvalue weighted by Gasteiger charge is 2.71. The van der Waals surface area contributed by atoms with Gasteiger partial charge in [-0.05, 0) is 37.7 Å². The number of Topliss-reactive ketones (excluding diaryl/α,β-unsaturated/α-hetero) is 1. The number of aryl methyl sites for hydroxylation is 1. The van der Waals surface area contributed by atoms with E-state index in [1.165, 1.54) is 11.1 Å². The molecule has 0 spiro atoms. The van der Waals surface area contributed by atoms with E-state index in [-0.39, 0.29) is 5.72 Å². The summed E-state index contributed by atoms with van der Waals surface area (Å²) >= 11 is 0. The maximum absolute atomic E-state index is 13.1. The Morgan fingerprint density at radius 3 is 2.38 bits per heavy atom. The normalized spacial score (nSPS) is 29.3. The Kier molecular flexibility index (Phi) is 4.68. The van der Waals surface area contributed by atoms with Gasteiger partial charge in [0.25, 0.3) is 0 Å². The van der Waals surface area contributed by atoms with E-state index in [0.29, 0.717) is 12.2 Å². The molecule has 2 aromatic carbocycles. The van der Waals surface area contributed by atoms with Crippen molar-refractivity contribution in [3.8, 4) is 0 Å². The van der Waals surface area contributed by atoms with Crippen molar-refractivity contribution in [1.29, 1.82) is 0 Å². The smallest absolute Gasteiger partial charge is 0.191 e. The molecule has 2 fully saturated rings.